The molecule has 214 valence electrons. The van der Waals surface area contributed by atoms with E-state index in [0.717, 1.165) is 10.9 Å². The van der Waals surface area contributed by atoms with Crippen molar-refractivity contribution in [1.82, 2.24) is 20.9 Å². The van der Waals surface area contributed by atoms with Gasteiger partial charge in [0.1, 0.15) is 24.2 Å². The predicted octanol–water partition coefficient (Wildman–Crippen LogP) is -2.04. The van der Waals surface area contributed by atoms with Gasteiger partial charge in [0, 0.05) is 29.9 Å². The molecule has 4 unspecified atom stereocenters. The highest BCUT2D eigenvalue weighted by Gasteiger charge is 2.30. The van der Waals surface area contributed by atoms with Crippen molar-refractivity contribution in [3.05, 3.63) is 36.0 Å². The maximum atomic E-state index is 13.2. The lowest BCUT2D eigenvalue weighted by molar-refractivity contribution is -0.142. The third-order valence-electron chi connectivity index (χ3n) is 6.14. The summed E-state index contributed by atoms with van der Waals surface area (Å²) in [5.41, 5.74) is 17.8. The van der Waals surface area contributed by atoms with Crippen LogP contribution in [0.3, 0.4) is 0 Å². The second-order valence-electron chi connectivity index (χ2n) is 9.16. The van der Waals surface area contributed by atoms with E-state index >= 15 is 0 Å². The molecule has 4 amide bonds. The molecule has 1 aromatic carbocycles. The number of fused-ring (bicyclic) bond motifs is 1. The SMILES string of the molecule is NCCCCC(NC(=O)C(N)CO)C(=O)NC(CCC(N)=O)C(=O)NC(Cc1c[nH]c2ccccc12)C(=O)O. The van der Waals surface area contributed by atoms with Crippen molar-refractivity contribution in [2.75, 3.05) is 13.2 Å². The van der Waals surface area contributed by atoms with Crippen LogP contribution in [0, 0.1) is 0 Å². The number of nitrogens with two attached hydrogens (primary N) is 3. The third-order valence-corrected chi connectivity index (χ3v) is 6.14. The van der Waals surface area contributed by atoms with Crippen LogP contribution >= 0.6 is 0 Å². The monoisotopic (exact) mass is 547 g/mol. The molecule has 12 N–H and O–H groups in total. The van der Waals surface area contributed by atoms with Crippen LogP contribution in [-0.4, -0.2) is 82.1 Å². The minimum absolute atomic E-state index is 0.0433. The number of H-pyrrole nitrogens is 1. The van der Waals surface area contributed by atoms with Crippen molar-refractivity contribution in [1.29, 1.82) is 0 Å². The van der Waals surface area contributed by atoms with Crippen LogP contribution in [0.25, 0.3) is 10.9 Å². The zero-order chi connectivity index (χ0) is 28.9. The van der Waals surface area contributed by atoms with Gasteiger partial charge < -0.3 is 48.3 Å². The van der Waals surface area contributed by atoms with Crippen molar-refractivity contribution >= 4 is 40.5 Å². The number of carboxylic acid groups (broad SMARTS) is 1. The van der Waals surface area contributed by atoms with E-state index in [9.17, 15) is 29.1 Å². The first-order valence-electron chi connectivity index (χ1n) is 12.6. The lowest BCUT2D eigenvalue weighted by Gasteiger charge is -2.25. The fourth-order valence-electron chi connectivity index (χ4n) is 3.94. The molecule has 2 rings (SSSR count). The predicted molar refractivity (Wildman–Crippen MR) is 142 cm³/mol. The Morgan fingerprint density at radius 1 is 0.897 bits per heavy atom. The molecule has 1 heterocycles. The van der Waals surface area contributed by atoms with Crippen LogP contribution in [0.2, 0.25) is 0 Å². The lowest BCUT2D eigenvalue weighted by Crippen LogP contribution is -2.57. The highest BCUT2D eigenvalue weighted by molar-refractivity contribution is 5.94. The number of unbranched alkanes of at least 4 members (excludes halogenated alkanes) is 1. The molecule has 0 saturated carbocycles. The summed E-state index contributed by atoms with van der Waals surface area (Å²) in [7, 11) is 0. The number of aromatic nitrogens is 1. The number of carbonyl (C=O) groups is 5. The Balaban J connectivity index is 2.19. The number of carboxylic acids is 1. The molecule has 0 saturated heterocycles. The Kier molecular flexibility index (Phi) is 12.3. The molecular formula is C25H37N7O7. The molecule has 0 aliphatic carbocycles. The van der Waals surface area contributed by atoms with Crippen LogP contribution in [0.1, 0.15) is 37.7 Å². The van der Waals surface area contributed by atoms with Crippen molar-refractivity contribution in [2.45, 2.75) is 62.7 Å². The average Bonchev–Trinajstić information content (AvgIpc) is 3.31. The first-order valence-corrected chi connectivity index (χ1v) is 12.6. The van der Waals surface area contributed by atoms with E-state index in [0.29, 0.717) is 24.9 Å². The zero-order valence-corrected chi connectivity index (χ0v) is 21.5. The molecule has 4 atom stereocenters. The van der Waals surface area contributed by atoms with E-state index in [1.54, 1.807) is 12.3 Å². The van der Waals surface area contributed by atoms with Crippen molar-refractivity contribution < 1.29 is 34.2 Å². The Morgan fingerprint density at radius 2 is 1.51 bits per heavy atom. The number of aliphatic hydroxyl groups is 1. The van der Waals surface area contributed by atoms with Gasteiger partial charge in [-0.2, -0.15) is 0 Å². The number of aromatic amines is 1. The summed E-state index contributed by atoms with van der Waals surface area (Å²) >= 11 is 0. The second-order valence-corrected chi connectivity index (χ2v) is 9.16. The minimum Gasteiger partial charge on any atom is -0.480 e. The van der Waals surface area contributed by atoms with Crippen molar-refractivity contribution in [3.8, 4) is 0 Å². The minimum atomic E-state index is -1.34. The number of benzene rings is 1. The fraction of sp³-hybridized carbons (Fsp3) is 0.480. The van der Waals surface area contributed by atoms with E-state index in [1.165, 1.54) is 0 Å². The summed E-state index contributed by atoms with van der Waals surface area (Å²) in [6, 6.07) is 2.24. The smallest absolute Gasteiger partial charge is 0.326 e. The van der Waals surface area contributed by atoms with Crippen LogP contribution in [0.5, 0.6) is 0 Å². The summed E-state index contributed by atoms with van der Waals surface area (Å²) < 4.78 is 0. The Hall–Kier alpha value is -4.01. The molecule has 0 spiro atoms. The molecule has 2 aromatic rings. The topological polar surface area (TPSA) is 256 Å². The first-order chi connectivity index (χ1) is 18.6. The summed E-state index contributed by atoms with van der Waals surface area (Å²) in [6.45, 7) is -0.283. The first kappa shape index (κ1) is 31.2. The Labute approximate surface area is 225 Å². The molecule has 0 bridgehead atoms. The zero-order valence-electron chi connectivity index (χ0n) is 21.5. The number of carbonyl (C=O) groups excluding carboxylic acids is 4. The number of para-hydroxylation sites is 1. The maximum Gasteiger partial charge on any atom is 0.326 e. The van der Waals surface area contributed by atoms with E-state index in [1.807, 2.05) is 18.2 Å². The average molecular weight is 548 g/mol. The highest BCUT2D eigenvalue weighted by Crippen LogP contribution is 2.19. The van der Waals surface area contributed by atoms with Crippen LogP contribution < -0.4 is 33.2 Å². The van der Waals surface area contributed by atoms with E-state index in [2.05, 4.69) is 20.9 Å². The molecule has 0 radical (unpaired) electrons. The lowest BCUT2D eigenvalue weighted by atomic mass is 10.0. The van der Waals surface area contributed by atoms with Gasteiger partial charge in [-0.25, -0.2) is 4.79 Å². The molecular weight excluding hydrogens is 510 g/mol. The number of amides is 4. The van der Waals surface area contributed by atoms with Crippen molar-refractivity contribution in [3.63, 3.8) is 0 Å². The van der Waals surface area contributed by atoms with Crippen LogP contribution in [-0.2, 0) is 30.4 Å². The summed E-state index contributed by atoms with van der Waals surface area (Å²) in [4.78, 5) is 64.9. The van der Waals surface area contributed by atoms with Gasteiger partial charge in [-0.05, 0) is 43.9 Å². The fourth-order valence-corrected chi connectivity index (χ4v) is 3.94. The standard InChI is InChI=1S/C25H37N7O7/c26-10-4-3-7-18(30-22(35)16(27)13-33)23(36)31-19(8-9-21(28)34)24(37)32-20(25(38)39)11-14-12-29-17-6-2-1-5-15(14)17/h1-2,5-6,12,16,18-20,29,33H,3-4,7-11,13,26-27H2,(H2,28,34)(H,30,35)(H,31,36)(H,32,37)(H,38,39). The van der Waals surface area contributed by atoms with Gasteiger partial charge in [-0.1, -0.05) is 18.2 Å². The summed E-state index contributed by atoms with van der Waals surface area (Å²) in [5.74, 6) is -4.38. The number of hydrogen-bond acceptors (Lipinski definition) is 8. The van der Waals surface area contributed by atoms with Gasteiger partial charge >= 0.3 is 5.97 Å². The van der Waals surface area contributed by atoms with Gasteiger partial charge in [0.05, 0.1) is 6.61 Å². The van der Waals surface area contributed by atoms with Gasteiger partial charge in [-0.3, -0.25) is 19.2 Å². The number of aliphatic hydroxyl groups excluding tert-OH is 1. The normalized spacial score (nSPS) is 14.1. The second kappa shape index (κ2) is 15.4. The molecule has 0 aliphatic heterocycles. The molecule has 0 aliphatic rings. The highest BCUT2D eigenvalue weighted by atomic mass is 16.4. The number of aliphatic carboxylic acids is 1. The Bertz CT molecular complexity index is 1150. The van der Waals surface area contributed by atoms with Gasteiger partial charge in [-0.15, -0.1) is 0 Å². The number of primary amides is 1. The van der Waals surface area contributed by atoms with Crippen molar-refractivity contribution in [2.24, 2.45) is 17.2 Å². The largest absolute Gasteiger partial charge is 0.480 e. The summed E-state index contributed by atoms with van der Waals surface area (Å²) in [5, 5.41) is 27.1. The molecule has 0 fully saturated rings. The number of nitrogens with one attached hydrogen (secondary N) is 4. The molecule has 39 heavy (non-hydrogen) atoms. The molecule has 14 nitrogen and oxygen atoms in total. The molecule has 1 aromatic heterocycles. The number of hydrogen-bond donors (Lipinski definition) is 9. The van der Waals surface area contributed by atoms with E-state index in [4.69, 9.17) is 22.3 Å². The Morgan fingerprint density at radius 3 is 2.13 bits per heavy atom. The van der Waals surface area contributed by atoms with Gasteiger partial charge in [0.15, 0.2) is 0 Å². The number of rotatable bonds is 17. The van der Waals surface area contributed by atoms with Gasteiger partial charge in [0.25, 0.3) is 0 Å². The van der Waals surface area contributed by atoms with E-state index < -0.39 is 60.4 Å². The third kappa shape index (κ3) is 9.67. The molecule has 14 heteroatoms. The van der Waals surface area contributed by atoms with Crippen LogP contribution in [0.4, 0.5) is 0 Å². The quantitative estimate of drug-likeness (QED) is 0.0987. The summed E-state index contributed by atoms with van der Waals surface area (Å²) in [6.07, 6.45) is 2.33. The maximum absolute atomic E-state index is 13.2. The van der Waals surface area contributed by atoms with E-state index in [-0.39, 0.29) is 25.7 Å². The van der Waals surface area contributed by atoms with Gasteiger partial charge in [0.2, 0.25) is 23.6 Å². The van der Waals surface area contributed by atoms with Crippen LogP contribution in [0.15, 0.2) is 30.5 Å².